The van der Waals surface area contributed by atoms with Gasteiger partial charge in [0, 0.05) is 18.9 Å². The third-order valence-corrected chi connectivity index (χ3v) is 7.69. The van der Waals surface area contributed by atoms with E-state index in [2.05, 4.69) is 0 Å². The van der Waals surface area contributed by atoms with Crippen LogP contribution in [0, 0.1) is 23.2 Å². The van der Waals surface area contributed by atoms with Gasteiger partial charge in [-0.15, -0.1) is 0 Å². The van der Waals surface area contributed by atoms with Crippen LogP contribution in [0.5, 0.6) is 0 Å². The van der Waals surface area contributed by atoms with Crippen LogP contribution >= 0.6 is 0 Å². The Morgan fingerprint density at radius 3 is 2.05 bits per heavy atom. The van der Waals surface area contributed by atoms with Crippen molar-refractivity contribution >= 4 is 0 Å². The van der Waals surface area contributed by atoms with Crippen molar-refractivity contribution in [3.05, 3.63) is 0 Å². The molecular weight excluding hydrogens is 274 g/mol. The minimum absolute atomic E-state index is 0.148. The molecule has 0 aromatic rings. The first kappa shape index (κ1) is 14.2. The van der Waals surface area contributed by atoms with Crippen molar-refractivity contribution in [3.8, 4) is 0 Å². The normalized spacial score (nSPS) is 50.6. The van der Waals surface area contributed by atoms with Crippen LogP contribution in [-0.2, 0) is 9.47 Å². The topological polar surface area (TPSA) is 44.5 Å². The van der Waals surface area contributed by atoms with Crippen LogP contribution in [0.1, 0.15) is 70.6 Å². The van der Waals surface area contributed by atoms with Gasteiger partial charge >= 0.3 is 0 Å². The second-order valence-corrected chi connectivity index (χ2v) is 9.24. The highest BCUT2D eigenvalue weighted by Crippen LogP contribution is 2.61. The zero-order valence-corrected chi connectivity index (χ0v) is 13.8. The molecule has 22 heavy (non-hydrogen) atoms. The third kappa shape index (κ3) is 2.12. The van der Waals surface area contributed by atoms with Crippen molar-refractivity contribution < 1.29 is 9.47 Å². The van der Waals surface area contributed by atoms with Gasteiger partial charge < -0.3 is 15.2 Å². The summed E-state index contributed by atoms with van der Waals surface area (Å²) in [5.74, 6) is 2.62. The Labute approximate surface area is 134 Å². The molecule has 0 radical (unpaired) electrons. The van der Waals surface area contributed by atoms with Gasteiger partial charge in [-0.2, -0.15) is 0 Å². The molecule has 3 heteroatoms. The van der Waals surface area contributed by atoms with E-state index in [-0.39, 0.29) is 17.9 Å². The Morgan fingerprint density at radius 2 is 1.45 bits per heavy atom. The molecule has 5 aliphatic carbocycles. The molecule has 0 amide bonds. The molecule has 4 bridgehead atoms. The average Bonchev–Trinajstić information content (AvgIpc) is 2.89. The van der Waals surface area contributed by atoms with E-state index in [1.807, 2.05) is 0 Å². The number of nitrogens with two attached hydrogens (primary N) is 1. The van der Waals surface area contributed by atoms with Crippen molar-refractivity contribution in [1.82, 2.24) is 0 Å². The summed E-state index contributed by atoms with van der Waals surface area (Å²) in [5, 5.41) is 0. The van der Waals surface area contributed by atoms with Gasteiger partial charge in [-0.05, 0) is 74.5 Å². The van der Waals surface area contributed by atoms with E-state index in [0.29, 0.717) is 5.41 Å². The lowest BCUT2D eigenvalue weighted by molar-refractivity contribution is -0.195. The van der Waals surface area contributed by atoms with Gasteiger partial charge in [-0.3, -0.25) is 0 Å². The second-order valence-electron chi connectivity index (χ2n) is 9.24. The number of ether oxygens (including phenoxy) is 2. The van der Waals surface area contributed by atoms with E-state index in [1.165, 1.54) is 57.8 Å². The summed E-state index contributed by atoms with van der Waals surface area (Å²) in [5.41, 5.74) is 7.24. The van der Waals surface area contributed by atoms with Gasteiger partial charge in [-0.25, -0.2) is 0 Å². The predicted octanol–water partition coefficient (Wildman–Crippen LogP) is 3.61. The molecule has 0 unspecified atom stereocenters. The summed E-state index contributed by atoms with van der Waals surface area (Å²) in [6.07, 6.45) is 14.7. The van der Waals surface area contributed by atoms with E-state index in [9.17, 15) is 0 Å². The summed E-state index contributed by atoms with van der Waals surface area (Å²) in [6, 6.07) is 0.196. The van der Waals surface area contributed by atoms with Crippen LogP contribution in [0.25, 0.3) is 0 Å². The maximum absolute atomic E-state index is 6.86. The lowest BCUT2D eigenvalue weighted by Crippen LogP contribution is -2.59. The quantitative estimate of drug-likeness (QED) is 0.847. The average molecular weight is 305 g/mol. The molecule has 2 N–H and O–H groups in total. The van der Waals surface area contributed by atoms with E-state index < -0.39 is 0 Å². The highest BCUT2D eigenvalue weighted by Gasteiger charge is 2.57. The molecule has 124 valence electrons. The Balaban J connectivity index is 1.33. The molecule has 2 atom stereocenters. The van der Waals surface area contributed by atoms with Gasteiger partial charge in [0.15, 0.2) is 5.79 Å². The first-order valence-corrected chi connectivity index (χ1v) is 9.74. The maximum Gasteiger partial charge on any atom is 0.168 e. The fourth-order valence-corrected chi connectivity index (χ4v) is 7.09. The van der Waals surface area contributed by atoms with Crippen LogP contribution < -0.4 is 5.73 Å². The van der Waals surface area contributed by atoms with Crippen LogP contribution in [0.3, 0.4) is 0 Å². The molecule has 6 rings (SSSR count). The van der Waals surface area contributed by atoms with Gasteiger partial charge in [0.2, 0.25) is 0 Å². The molecule has 3 nitrogen and oxygen atoms in total. The molecule has 1 heterocycles. The summed E-state index contributed by atoms with van der Waals surface area (Å²) in [4.78, 5) is 0. The zero-order valence-electron chi connectivity index (χ0n) is 13.8. The first-order valence-electron chi connectivity index (χ1n) is 9.74. The summed E-state index contributed by atoms with van der Waals surface area (Å²) in [6.45, 7) is 0.739. The smallest absolute Gasteiger partial charge is 0.168 e. The standard InChI is InChI=1S/C19H31NO2/c20-17(16-12-21-19(22-16)4-2-1-3-5-19)18-9-13-6-14(10-18)8-15(7-13)11-18/h13-17H,1-12,20H2/t13?,14?,15?,16-,17-,18?/m1/s1. The van der Waals surface area contributed by atoms with Gasteiger partial charge in [0.25, 0.3) is 0 Å². The van der Waals surface area contributed by atoms with E-state index in [4.69, 9.17) is 15.2 Å². The summed E-state index contributed by atoms with van der Waals surface area (Å²) < 4.78 is 12.7. The number of hydrogen-bond acceptors (Lipinski definition) is 3. The van der Waals surface area contributed by atoms with Crippen molar-refractivity contribution in [2.24, 2.45) is 28.9 Å². The minimum atomic E-state index is -0.261. The van der Waals surface area contributed by atoms with Gasteiger partial charge in [0.1, 0.15) is 0 Å². The summed E-state index contributed by atoms with van der Waals surface area (Å²) >= 11 is 0. The van der Waals surface area contributed by atoms with E-state index in [1.54, 1.807) is 0 Å². The predicted molar refractivity (Wildman–Crippen MR) is 85.2 cm³/mol. The molecular formula is C19H31NO2. The molecule has 5 saturated carbocycles. The molecule has 6 fully saturated rings. The fraction of sp³-hybridized carbons (Fsp3) is 1.00. The third-order valence-electron chi connectivity index (χ3n) is 7.69. The summed E-state index contributed by atoms with van der Waals surface area (Å²) in [7, 11) is 0. The van der Waals surface area contributed by atoms with Gasteiger partial charge in [-0.1, -0.05) is 6.42 Å². The molecule has 0 aromatic carbocycles. The Bertz CT molecular complexity index is 407. The second kappa shape index (κ2) is 4.94. The van der Waals surface area contributed by atoms with Crippen molar-refractivity contribution in [2.75, 3.05) is 6.61 Å². The van der Waals surface area contributed by atoms with Crippen molar-refractivity contribution in [1.29, 1.82) is 0 Å². The lowest BCUT2D eigenvalue weighted by Gasteiger charge is -2.59. The molecule has 0 aromatic heterocycles. The molecule has 6 aliphatic rings. The number of hydrogen-bond donors (Lipinski definition) is 1. The monoisotopic (exact) mass is 305 g/mol. The first-order chi connectivity index (χ1) is 10.7. The highest BCUT2D eigenvalue weighted by atomic mass is 16.7. The minimum Gasteiger partial charge on any atom is -0.347 e. The molecule has 1 saturated heterocycles. The number of rotatable bonds is 2. The van der Waals surface area contributed by atoms with Crippen molar-refractivity contribution in [3.63, 3.8) is 0 Å². The van der Waals surface area contributed by atoms with E-state index >= 15 is 0 Å². The van der Waals surface area contributed by atoms with E-state index in [0.717, 1.165) is 37.2 Å². The lowest BCUT2D eigenvalue weighted by atomic mass is 9.47. The Kier molecular flexibility index (Phi) is 3.20. The maximum atomic E-state index is 6.86. The SMILES string of the molecule is N[C@H]([C@H]1COC2(CCCCC2)O1)C12CC3CC(CC(C3)C1)C2. The Hall–Kier alpha value is -0.120. The highest BCUT2D eigenvalue weighted by molar-refractivity contribution is 5.08. The largest absolute Gasteiger partial charge is 0.347 e. The van der Waals surface area contributed by atoms with Crippen LogP contribution in [0.2, 0.25) is 0 Å². The van der Waals surface area contributed by atoms with Crippen LogP contribution in [0.15, 0.2) is 0 Å². The Morgan fingerprint density at radius 1 is 0.864 bits per heavy atom. The zero-order chi connectivity index (χ0) is 14.8. The van der Waals surface area contributed by atoms with Crippen LogP contribution in [0.4, 0.5) is 0 Å². The fourth-order valence-electron chi connectivity index (χ4n) is 7.09. The molecule has 1 aliphatic heterocycles. The van der Waals surface area contributed by atoms with Crippen molar-refractivity contribution in [2.45, 2.75) is 88.6 Å². The van der Waals surface area contributed by atoms with Crippen LogP contribution in [-0.4, -0.2) is 24.5 Å². The van der Waals surface area contributed by atoms with Gasteiger partial charge in [0.05, 0.1) is 12.7 Å². The molecule has 1 spiro atoms.